The normalized spacial score (nSPS) is 11.4. The van der Waals surface area contributed by atoms with Crippen LogP contribution in [0.1, 0.15) is 5.56 Å². The molecule has 0 unspecified atom stereocenters. The zero-order chi connectivity index (χ0) is 18.8. The Balaban J connectivity index is 1.86. The van der Waals surface area contributed by atoms with Gasteiger partial charge in [0.2, 0.25) is 0 Å². The van der Waals surface area contributed by atoms with Crippen molar-refractivity contribution in [1.29, 1.82) is 0 Å². The second-order valence-electron chi connectivity index (χ2n) is 6.65. The fraction of sp³-hybridized carbons (Fsp3) is 0.136. The molecule has 0 radical (unpaired) electrons. The first-order valence-electron chi connectivity index (χ1n) is 8.86. The summed E-state index contributed by atoms with van der Waals surface area (Å²) >= 11 is 0. The van der Waals surface area contributed by atoms with Crippen LogP contribution in [-0.4, -0.2) is 23.5 Å². The van der Waals surface area contributed by atoms with E-state index in [4.69, 9.17) is 4.98 Å². The van der Waals surface area contributed by atoms with Crippen molar-refractivity contribution in [3.05, 3.63) is 78.5 Å². The summed E-state index contributed by atoms with van der Waals surface area (Å²) in [5, 5.41) is 8.97. The van der Waals surface area contributed by atoms with Gasteiger partial charge in [0.25, 0.3) is 0 Å². The van der Waals surface area contributed by atoms with Crippen LogP contribution in [0.2, 0.25) is 0 Å². The SMILES string of the molecule is Cc1cccn2c(N=Nc3ccccc3)c(-c3ccc(N(C)C)cc3)nc12. The van der Waals surface area contributed by atoms with Crippen LogP contribution in [0.25, 0.3) is 16.9 Å². The minimum Gasteiger partial charge on any atom is -0.378 e. The van der Waals surface area contributed by atoms with Gasteiger partial charge in [0.05, 0.1) is 5.69 Å². The van der Waals surface area contributed by atoms with Gasteiger partial charge in [-0.15, -0.1) is 10.2 Å². The van der Waals surface area contributed by atoms with Crippen LogP contribution in [0.3, 0.4) is 0 Å². The van der Waals surface area contributed by atoms with Gasteiger partial charge in [-0.05, 0) is 42.8 Å². The van der Waals surface area contributed by atoms with Crippen LogP contribution < -0.4 is 4.90 Å². The number of hydrogen-bond donors (Lipinski definition) is 0. The monoisotopic (exact) mass is 355 g/mol. The van der Waals surface area contributed by atoms with Crippen LogP contribution in [0, 0.1) is 6.92 Å². The highest BCUT2D eigenvalue weighted by Gasteiger charge is 2.15. The molecule has 0 aliphatic carbocycles. The van der Waals surface area contributed by atoms with E-state index >= 15 is 0 Å². The third-order valence-corrected chi connectivity index (χ3v) is 4.49. The molecule has 0 saturated heterocycles. The standard InChI is InChI=1S/C22H21N5/c1-16-8-7-15-27-21(16)23-20(17-11-13-19(14-12-17)26(2)3)22(27)25-24-18-9-5-4-6-10-18/h4-15H,1-3H3. The zero-order valence-electron chi connectivity index (χ0n) is 15.7. The number of azo groups is 1. The summed E-state index contributed by atoms with van der Waals surface area (Å²) < 4.78 is 2.00. The lowest BCUT2D eigenvalue weighted by Gasteiger charge is -2.12. The lowest BCUT2D eigenvalue weighted by atomic mass is 10.1. The lowest BCUT2D eigenvalue weighted by molar-refractivity contribution is 1.10. The smallest absolute Gasteiger partial charge is 0.187 e. The molecule has 5 heteroatoms. The molecule has 4 aromatic rings. The van der Waals surface area contributed by atoms with E-state index in [1.807, 2.05) is 61.1 Å². The van der Waals surface area contributed by atoms with Crippen LogP contribution in [0.4, 0.5) is 17.2 Å². The number of nitrogens with zero attached hydrogens (tertiary/aromatic N) is 5. The molecule has 134 valence electrons. The predicted molar refractivity (Wildman–Crippen MR) is 110 cm³/mol. The van der Waals surface area contributed by atoms with E-state index in [-0.39, 0.29) is 0 Å². The molecule has 0 saturated carbocycles. The lowest BCUT2D eigenvalue weighted by Crippen LogP contribution is -2.07. The van der Waals surface area contributed by atoms with Crippen molar-refractivity contribution >= 4 is 22.8 Å². The van der Waals surface area contributed by atoms with E-state index in [0.29, 0.717) is 0 Å². The van der Waals surface area contributed by atoms with Gasteiger partial charge in [-0.2, -0.15) is 0 Å². The van der Waals surface area contributed by atoms with Gasteiger partial charge in [-0.1, -0.05) is 36.4 Å². The molecule has 2 heterocycles. The van der Waals surface area contributed by atoms with Gasteiger partial charge in [0.1, 0.15) is 11.3 Å². The second-order valence-corrected chi connectivity index (χ2v) is 6.65. The fourth-order valence-electron chi connectivity index (χ4n) is 3.00. The number of aryl methyl sites for hydroxylation is 1. The molecule has 0 bridgehead atoms. The third-order valence-electron chi connectivity index (χ3n) is 4.49. The van der Waals surface area contributed by atoms with Crippen molar-refractivity contribution < 1.29 is 0 Å². The van der Waals surface area contributed by atoms with E-state index in [0.717, 1.165) is 39.7 Å². The van der Waals surface area contributed by atoms with Gasteiger partial charge in [-0.3, -0.25) is 4.40 Å². The van der Waals surface area contributed by atoms with Crippen molar-refractivity contribution in [2.45, 2.75) is 6.92 Å². The molecule has 0 amide bonds. The predicted octanol–water partition coefficient (Wildman–Crippen LogP) is 5.79. The molecule has 5 nitrogen and oxygen atoms in total. The minimum absolute atomic E-state index is 0.732. The van der Waals surface area contributed by atoms with Crippen LogP contribution in [0.5, 0.6) is 0 Å². The Morgan fingerprint density at radius 3 is 2.30 bits per heavy atom. The van der Waals surface area contributed by atoms with E-state index in [2.05, 4.69) is 52.4 Å². The van der Waals surface area contributed by atoms with Gasteiger partial charge in [-0.25, -0.2) is 4.98 Å². The number of anilines is 1. The average Bonchev–Trinajstić information content (AvgIpc) is 3.07. The molecule has 0 spiro atoms. The Morgan fingerprint density at radius 1 is 0.852 bits per heavy atom. The zero-order valence-corrected chi connectivity index (χ0v) is 15.7. The highest BCUT2D eigenvalue weighted by atomic mass is 15.2. The van der Waals surface area contributed by atoms with Crippen LogP contribution >= 0.6 is 0 Å². The minimum atomic E-state index is 0.732. The maximum atomic E-state index is 4.86. The Labute approximate surface area is 158 Å². The molecular formula is C22H21N5. The number of benzene rings is 2. The van der Waals surface area contributed by atoms with E-state index < -0.39 is 0 Å². The molecule has 2 aromatic heterocycles. The number of fused-ring (bicyclic) bond motifs is 1. The first kappa shape index (κ1) is 17.0. The number of pyridine rings is 1. The van der Waals surface area contributed by atoms with E-state index in [1.54, 1.807) is 0 Å². The maximum absolute atomic E-state index is 4.86. The number of hydrogen-bond acceptors (Lipinski definition) is 4. The molecule has 2 aromatic carbocycles. The Morgan fingerprint density at radius 2 is 1.59 bits per heavy atom. The van der Waals surface area contributed by atoms with Gasteiger partial charge in [0, 0.05) is 31.5 Å². The molecule has 4 rings (SSSR count). The summed E-state index contributed by atoms with van der Waals surface area (Å²) in [6, 6.07) is 22.1. The summed E-state index contributed by atoms with van der Waals surface area (Å²) in [5.41, 5.74) is 5.80. The van der Waals surface area contributed by atoms with Gasteiger partial charge < -0.3 is 4.90 Å². The molecule has 0 aliphatic rings. The summed E-state index contributed by atoms with van der Waals surface area (Å²) in [5.74, 6) is 0.732. The largest absolute Gasteiger partial charge is 0.378 e. The Hall–Kier alpha value is -3.47. The molecule has 0 N–H and O–H groups in total. The molecule has 27 heavy (non-hydrogen) atoms. The number of imidazole rings is 1. The molecule has 0 fully saturated rings. The maximum Gasteiger partial charge on any atom is 0.187 e. The van der Waals surface area contributed by atoms with Crippen molar-refractivity contribution in [2.75, 3.05) is 19.0 Å². The molecule has 0 atom stereocenters. The summed E-state index contributed by atoms with van der Waals surface area (Å²) in [7, 11) is 4.06. The van der Waals surface area contributed by atoms with Crippen molar-refractivity contribution in [3.63, 3.8) is 0 Å². The summed E-state index contributed by atoms with van der Waals surface area (Å²) in [6.45, 7) is 2.05. The summed E-state index contributed by atoms with van der Waals surface area (Å²) in [4.78, 5) is 6.94. The highest BCUT2D eigenvalue weighted by Crippen LogP contribution is 2.33. The quantitative estimate of drug-likeness (QED) is 0.435. The number of aromatic nitrogens is 2. The van der Waals surface area contributed by atoms with Crippen molar-refractivity contribution in [1.82, 2.24) is 9.38 Å². The molecular weight excluding hydrogens is 334 g/mol. The highest BCUT2D eigenvalue weighted by molar-refractivity contribution is 5.76. The second kappa shape index (κ2) is 7.03. The Bertz CT molecular complexity index is 1090. The fourth-order valence-corrected chi connectivity index (χ4v) is 3.00. The van der Waals surface area contributed by atoms with Crippen LogP contribution in [-0.2, 0) is 0 Å². The van der Waals surface area contributed by atoms with Crippen molar-refractivity contribution in [2.24, 2.45) is 10.2 Å². The molecule has 0 aliphatic heterocycles. The first-order chi connectivity index (χ1) is 13.1. The van der Waals surface area contributed by atoms with E-state index in [9.17, 15) is 0 Å². The van der Waals surface area contributed by atoms with Gasteiger partial charge in [0.15, 0.2) is 5.82 Å². The van der Waals surface area contributed by atoms with Crippen LogP contribution in [0.15, 0.2) is 83.2 Å². The average molecular weight is 355 g/mol. The number of rotatable bonds is 4. The summed E-state index contributed by atoms with van der Waals surface area (Å²) in [6.07, 6.45) is 1.98. The van der Waals surface area contributed by atoms with E-state index in [1.165, 1.54) is 0 Å². The van der Waals surface area contributed by atoms with Crippen molar-refractivity contribution in [3.8, 4) is 11.3 Å². The third kappa shape index (κ3) is 3.31. The first-order valence-corrected chi connectivity index (χ1v) is 8.86. The Kier molecular flexibility index (Phi) is 4.42. The topological polar surface area (TPSA) is 45.3 Å². The van der Waals surface area contributed by atoms with Gasteiger partial charge >= 0.3 is 0 Å².